The van der Waals surface area contributed by atoms with Crippen molar-refractivity contribution in [1.82, 2.24) is 24.3 Å². The molecule has 1 aliphatic heterocycles. The Morgan fingerprint density at radius 3 is 2.72 bits per heavy atom. The van der Waals surface area contributed by atoms with Crippen LogP contribution < -0.4 is 16.0 Å². The van der Waals surface area contributed by atoms with E-state index < -0.39 is 0 Å². The van der Waals surface area contributed by atoms with Gasteiger partial charge in [0, 0.05) is 36.9 Å². The van der Waals surface area contributed by atoms with Crippen LogP contribution in [0.1, 0.15) is 24.1 Å². The molecule has 2 aliphatic rings. The van der Waals surface area contributed by atoms with Crippen LogP contribution in [0.15, 0.2) is 52.5 Å². The third kappa shape index (κ3) is 3.37. The molecule has 1 saturated heterocycles. The van der Waals surface area contributed by atoms with Gasteiger partial charge in [0.05, 0.1) is 16.1 Å². The lowest BCUT2D eigenvalue weighted by Gasteiger charge is -2.39. The molecule has 5 aromatic rings. The number of hydrogen-bond acceptors (Lipinski definition) is 8. The maximum Gasteiger partial charge on any atom is 0.157 e. The fourth-order valence-corrected chi connectivity index (χ4v) is 6.93. The SMILES string of the molecule is CNc1ccc2c(n1)CC1(CCN(c3nc4ccc(Sc5ccnc(N)c5Cl)c5ncc3n45)CC1)C2. The number of nitrogens with one attached hydrogen (secondary N) is 1. The average molecular weight is 517 g/mol. The van der Waals surface area contributed by atoms with Gasteiger partial charge in [0.1, 0.15) is 22.8 Å². The van der Waals surface area contributed by atoms with Gasteiger partial charge < -0.3 is 16.0 Å². The Morgan fingerprint density at radius 2 is 1.89 bits per heavy atom. The van der Waals surface area contributed by atoms with E-state index in [0.717, 1.165) is 77.0 Å². The van der Waals surface area contributed by atoms with E-state index in [0.29, 0.717) is 16.3 Å². The number of fused-ring (bicyclic) bond motifs is 1. The predicted octanol–water partition coefficient (Wildman–Crippen LogP) is 4.92. The minimum atomic E-state index is 0.312. The van der Waals surface area contributed by atoms with Crippen molar-refractivity contribution in [2.24, 2.45) is 5.41 Å². The maximum atomic E-state index is 6.39. The topological polar surface area (TPSA) is 97.3 Å². The molecule has 3 N–H and O–H groups in total. The fraction of sp³-hybridized carbons (Fsp3) is 0.308. The molecule has 0 aromatic carbocycles. The molecule has 36 heavy (non-hydrogen) atoms. The lowest BCUT2D eigenvalue weighted by atomic mass is 9.76. The highest BCUT2D eigenvalue weighted by Crippen LogP contribution is 2.46. The molecule has 1 fully saturated rings. The van der Waals surface area contributed by atoms with Gasteiger partial charge in [-0.05, 0) is 60.9 Å². The van der Waals surface area contributed by atoms with Crippen molar-refractivity contribution >= 4 is 57.6 Å². The van der Waals surface area contributed by atoms with Crippen LogP contribution in [-0.2, 0) is 12.8 Å². The lowest BCUT2D eigenvalue weighted by Crippen LogP contribution is -2.41. The van der Waals surface area contributed by atoms with Crippen molar-refractivity contribution in [2.45, 2.75) is 35.5 Å². The van der Waals surface area contributed by atoms with Crippen LogP contribution in [0.4, 0.5) is 17.5 Å². The summed E-state index contributed by atoms with van der Waals surface area (Å²) in [5, 5.41) is 3.64. The molecule has 0 saturated carbocycles. The molecule has 0 atom stereocenters. The first-order valence-corrected chi connectivity index (χ1v) is 13.3. The summed E-state index contributed by atoms with van der Waals surface area (Å²) in [6, 6.07) is 10.3. The van der Waals surface area contributed by atoms with E-state index >= 15 is 0 Å². The minimum absolute atomic E-state index is 0.312. The molecule has 5 aromatic heterocycles. The average Bonchev–Trinajstić information content (AvgIpc) is 3.59. The summed E-state index contributed by atoms with van der Waals surface area (Å²) in [4.78, 5) is 23.0. The molecule has 8 nitrogen and oxygen atoms in total. The van der Waals surface area contributed by atoms with Crippen molar-refractivity contribution < 1.29 is 0 Å². The van der Waals surface area contributed by atoms with E-state index in [1.165, 1.54) is 11.3 Å². The molecule has 182 valence electrons. The second-order valence-electron chi connectivity index (χ2n) is 9.80. The van der Waals surface area contributed by atoms with Gasteiger partial charge in [0.25, 0.3) is 0 Å². The van der Waals surface area contributed by atoms with E-state index in [9.17, 15) is 0 Å². The second kappa shape index (κ2) is 8.11. The van der Waals surface area contributed by atoms with Crippen LogP contribution in [0.5, 0.6) is 0 Å². The normalized spacial score (nSPS) is 16.9. The van der Waals surface area contributed by atoms with Gasteiger partial charge in [0.15, 0.2) is 11.5 Å². The third-order valence-corrected chi connectivity index (χ3v) is 9.31. The number of pyridine rings is 3. The molecule has 1 spiro atoms. The zero-order valence-electron chi connectivity index (χ0n) is 19.8. The van der Waals surface area contributed by atoms with Crippen LogP contribution in [-0.4, -0.2) is 44.5 Å². The van der Waals surface area contributed by atoms with Gasteiger partial charge in [-0.3, -0.25) is 4.40 Å². The second-order valence-corrected chi connectivity index (χ2v) is 11.3. The van der Waals surface area contributed by atoms with Crippen molar-refractivity contribution in [1.29, 1.82) is 0 Å². The van der Waals surface area contributed by atoms with Gasteiger partial charge in [-0.15, -0.1) is 0 Å². The highest BCUT2D eigenvalue weighted by molar-refractivity contribution is 7.99. The number of nitrogen functional groups attached to an aromatic ring is 1. The summed E-state index contributed by atoms with van der Waals surface area (Å²) in [5.41, 5.74) is 11.7. The third-order valence-electron chi connectivity index (χ3n) is 7.70. The number of piperidine rings is 1. The Hall–Kier alpha value is -3.30. The van der Waals surface area contributed by atoms with Gasteiger partial charge in [-0.25, -0.2) is 19.9 Å². The van der Waals surface area contributed by atoms with Crippen molar-refractivity contribution in [3.05, 3.63) is 59.0 Å². The van der Waals surface area contributed by atoms with Gasteiger partial charge in [0.2, 0.25) is 0 Å². The van der Waals surface area contributed by atoms with E-state index in [4.69, 9.17) is 32.3 Å². The first kappa shape index (κ1) is 21.9. The Bertz CT molecular complexity index is 1610. The minimum Gasteiger partial charge on any atom is -0.382 e. The fourth-order valence-electron chi connectivity index (χ4n) is 5.77. The molecule has 1 aliphatic carbocycles. The number of aromatic nitrogens is 5. The number of anilines is 3. The van der Waals surface area contributed by atoms with Crippen LogP contribution in [0.25, 0.3) is 16.8 Å². The van der Waals surface area contributed by atoms with Crippen LogP contribution >= 0.6 is 23.4 Å². The zero-order valence-corrected chi connectivity index (χ0v) is 21.4. The molecular weight excluding hydrogens is 492 g/mol. The Kier molecular flexibility index (Phi) is 4.94. The summed E-state index contributed by atoms with van der Waals surface area (Å²) in [6.07, 6.45) is 8.08. The van der Waals surface area contributed by atoms with E-state index in [1.54, 1.807) is 18.0 Å². The van der Waals surface area contributed by atoms with Crippen LogP contribution in [0.3, 0.4) is 0 Å². The van der Waals surface area contributed by atoms with Gasteiger partial charge in [-0.1, -0.05) is 29.4 Å². The smallest absolute Gasteiger partial charge is 0.157 e. The van der Waals surface area contributed by atoms with E-state index in [-0.39, 0.29) is 0 Å². The molecule has 0 unspecified atom stereocenters. The maximum absolute atomic E-state index is 6.39. The molecule has 7 rings (SSSR count). The summed E-state index contributed by atoms with van der Waals surface area (Å²) in [7, 11) is 1.93. The molecule has 0 bridgehead atoms. The summed E-state index contributed by atoms with van der Waals surface area (Å²) in [6.45, 7) is 1.97. The van der Waals surface area contributed by atoms with Crippen LogP contribution in [0, 0.1) is 5.41 Å². The van der Waals surface area contributed by atoms with Gasteiger partial charge >= 0.3 is 0 Å². The standard InChI is InChI=1S/C26H25ClN8S/c1-29-20-4-2-15-12-26(13-16(15)32-20)7-10-34(11-8-26)24-17-14-31-25-19(3-5-21(33-24)35(17)25)36-18-6-9-30-23(28)22(18)27/h2-6,9,14H,7-8,10-13H2,1H3,(H2,28,30)(H,29,32). The van der Waals surface area contributed by atoms with Crippen molar-refractivity contribution in [3.8, 4) is 0 Å². The number of imidazole rings is 2. The number of nitrogens with zero attached hydrogens (tertiary/aromatic N) is 6. The molecule has 0 radical (unpaired) electrons. The van der Waals surface area contributed by atoms with Crippen LogP contribution in [0.2, 0.25) is 5.02 Å². The number of halogens is 1. The first-order valence-electron chi connectivity index (χ1n) is 12.1. The number of rotatable bonds is 4. The monoisotopic (exact) mass is 516 g/mol. The highest BCUT2D eigenvalue weighted by atomic mass is 35.5. The van der Waals surface area contributed by atoms with Crippen molar-refractivity contribution in [3.63, 3.8) is 0 Å². The van der Waals surface area contributed by atoms with E-state index in [1.807, 2.05) is 19.3 Å². The number of hydrogen-bond donors (Lipinski definition) is 2. The first-order chi connectivity index (χ1) is 17.5. The summed E-state index contributed by atoms with van der Waals surface area (Å²) < 4.78 is 2.15. The Labute approximate surface area is 217 Å². The molecule has 0 amide bonds. The quantitative estimate of drug-likeness (QED) is 0.347. The van der Waals surface area contributed by atoms with Gasteiger partial charge in [-0.2, -0.15) is 0 Å². The number of nitrogens with two attached hydrogens (primary N) is 1. The highest BCUT2D eigenvalue weighted by Gasteiger charge is 2.41. The molecular formula is C26H25ClN8S. The summed E-state index contributed by atoms with van der Waals surface area (Å²) in [5.74, 6) is 2.31. The molecule has 10 heteroatoms. The predicted molar refractivity (Wildman–Crippen MR) is 145 cm³/mol. The Morgan fingerprint density at radius 1 is 1.03 bits per heavy atom. The largest absolute Gasteiger partial charge is 0.382 e. The van der Waals surface area contributed by atoms with Crippen molar-refractivity contribution in [2.75, 3.05) is 36.1 Å². The zero-order chi connectivity index (χ0) is 24.4. The van der Waals surface area contributed by atoms with E-state index in [2.05, 4.69) is 43.9 Å². The molecule has 6 heterocycles. The Balaban J connectivity index is 1.15. The summed E-state index contributed by atoms with van der Waals surface area (Å²) >= 11 is 7.94. The lowest BCUT2D eigenvalue weighted by molar-refractivity contribution is 0.231.